The van der Waals surface area contributed by atoms with E-state index in [2.05, 4.69) is 0 Å². The summed E-state index contributed by atoms with van der Waals surface area (Å²) >= 11 is 0. The fourth-order valence-corrected chi connectivity index (χ4v) is 3.79. The number of carbonyl (C=O) groups is 3. The second kappa shape index (κ2) is 4.23. The summed E-state index contributed by atoms with van der Waals surface area (Å²) in [6.07, 6.45) is 1.33. The lowest BCUT2D eigenvalue weighted by atomic mass is 9.59. The minimum absolute atomic E-state index is 0.160. The highest BCUT2D eigenvalue weighted by Gasteiger charge is 2.67. The largest absolute Gasteiger partial charge is 0.461 e. The molecule has 2 bridgehead atoms. The van der Waals surface area contributed by atoms with Gasteiger partial charge < -0.3 is 14.2 Å². The molecule has 108 valence electrons. The molecule has 6 heteroatoms. The maximum absolute atomic E-state index is 12.6. The monoisotopic (exact) mass is 280 g/mol. The molecule has 0 aromatic heterocycles. The Balaban J connectivity index is 2.17. The van der Waals surface area contributed by atoms with E-state index in [1.807, 2.05) is 0 Å². The van der Waals surface area contributed by atoms with Gasteiger partial charge in [0.25, 0.3) is 0 Å². The van der Waals surface area contributed by atoms with Crippen LogP contribution in [0.5, 0.6) is 0 Å². The van der Waals surface area contributed by atoms with Crippen molar-refractivity contribution in [3.63, 3.8) is 0 Å². The minimum Gasteiger partial charge on any atom is -0.461 e. The molecule has 0 radical (unpaired) electrons. The molecule has 0 N–H and O–H groups in total. The van der Waals surface area contributed by atoms with Crippen molar-refractivity contribution in [2.75, 3.05) is 14.2 Å². The number of rotatable bonds is 3. The molecule has 0 amide bonds. The van der Waals surface area contributed by atoms with Gasteiger partial charge in [0.2, 0.25) is 5.79 Å². The third kappa shape index (κ3) is 1.43. The van der Waals surface area contributed by atoms with E-state index in [0.717, 1.165) is 0 Å². The maximum Gasteiger partial charge on any atom is 0.306 e. The third-order valence-corrected chi connectivity index (χ3v) is 4.64. The first-order valence-corrected chi connectivity index (χ1v) is 6.53. The molecule has 2 fully saturated rings. The first kappa shape index (κ1) is 13.5. The summed E-state index contributed by atoms with van der Waals surface area (Å²) in [4.78, 5) is 36.0. The molecule has 6 nitrogen and oxygen atoms in total. The van der Waals surface area contributed by atoms with Gasteiger partial charge in [-0.2, -0.15) is 0 Å². The van der Waals surface area contributed by atoms with Crippen LogP contribution in [0.3, 0.4) is 0 Å². The molecule has 4 rings (SSSR count). The van der Waals surface area contributed by atoms with Crippen molar-refractivity contribution >= 4 is 17.5 Å². The van der Waals surface area contributed by atoms with Crippen LogP contribution in [0.15, 0.2) is 11.6 Å². The van der Waals surface area contributed by atoms with Gasteiger partial charge in [0.15, 0.2) is 11.6 Å². The summed E-state index contributed by atoms with van der Waals surface area (Å²) in [6.45, 7) is 1.43. The molecule has 1 heterocycles. The maximum atomic E-state index is 12.6. The van der Waals surface area contributed by atoms with Crippen LogP contribution in [-0.2, 0) is 28.6 Å². The molecule has 0 spiro atoms. The van der Waals surface area contributed by atoms with E-state index in [1.54, 1.807) is 6.08 Å². The summed E-state index contributed by atoms with van der Waals surface area (Å²) in [6, 6.07) is 0. The highest BCUT2D eigenvalue weighted by Crippen LogP contribution is 2.54. The van der Waals surface area contributed by atoms with E-state index < -0.39 is 23.7 Å². The molecule has 1 saturated carbocycles. The predicted octanol–water partition coefficient (Wildman–Crippen LogP) is 0.251. The van der Waals surface area contributed by atoms with Gasteiger partial charge in [-0.3, -0.25) is 14.4 Å². The fourth-order valence-electron chi connectivity index (χ4n) is 3.79. The number of esters is 1. The van der Waals surface area contributed by atoms with Gasteiger partial charge in [0.1, 0.15) is 6.10 Å². The average molecular weight is 280 g/mol. The molecule has 0 aromatic rings. The van der Waals surface area contributed by atoms with E-state index in [-0.39, 0.29) is 29.9 Å². The van der Waals surface area contributed by atoms with Gasteiger partial charge in [-0.05, 0) is 6.92 Å². The van der Waals surface area contributed by atoms with Crippen molar-refractivity contribution in [3.05, 3.63) is 11.6 Å². The standard InChI is InChI=1S/C14H16O6/c1-6(15)7-4-9-8-5-10(16)20-12(8)11(7)14(18-2,19-3)13(9)17/h4,8-9,11-12H,5H2,1-3H3/t8-,9+,11-,12-/m1/s1. The van der Waals surface area contributed by atoms with Crippen LogP contribution >= 0.6 is 0 Å². The zero-order valence-corrected chi connectivity index (χ0v) is 11.5. The van der Waals surface area contributed by atoms with Crippen molar-refractivity contribution in [2.24, 2.45) is 17.8 Å². The Hall–Kier alpha value is -1.53. The fraction of sp³-hybridized carbons (Fsp3) is 0.643. The van der Waals surface area contributed by atoms with Gasteiger partial charge in [0, 0.05) is 31.6 Å². The first-order valence-electron chi connectivity index (χ1n) is 6.53. The van der Waals surface area contributed by atoms with Crippen molar-refractivity contribution in [1.29, 1.82) is 0 Å². The Morgan fingerprint density at radius 2 is 2.00 bits per heavy atom. The summed E-state index contributed by atoms with van der Waals surface area (Å²) in [7, 11) is 2.73. The quantitative estimate of drug-likeness (QED) is 0.544. The number of fused-ring (bicyclic) bond motifs is 1. The van der Waals surface area contributed by atoms with Crippen LogP contribution in [-0.4, -0.2) is 43.6 Å². The van der Waals surface area contributed by atoms with Gasteiger partial charge >= 0.3 is 5.97 Å². The van der Waals surface area contributed by atoms with Crippen LogP contribution in [0, 0.1) is 17.8 Å². The summed E-state index contributed by atoms with van der Waals surface area (Å²) in [5, 5.41) is 0. The van der Waals surface area contributed by atoms with Gasteiger partial charge in [-0.1, -0.05) is 6.08 Å². The number of hydrogen-bond acceptors (Lipinski definition) is 6. The van der Waals surface area contributed by atoms with E-state index in [4.69, 9.17) is 14.2 Å². The SMILES string of the molecule is COC1(OC)C(=O)[C@H]2C=C(C(C)=O)[C@@H]1[C@@H]1OC(=O)C[C@@H]12. The number of methoxy groups -OCH3 is 2. The number of ether oxygens (including phenoxy) is 3. The molecule has 3 aliphatic carbocycles. The Bertz CT molecular complexity index is 530. The normalized spacial score (nSPS) is 37.5. The first-order chi connectivity index (χ1) is 9.46. The number of carbonyl (C=O) groups excluding carboxylic acids is 3. The highest BCUT2D eigenvalue weighted by molar-refractivity contribution is 6.03. The minimum atomic E-state index is -1.54. The average Bonchev–Trinajstić information content (AvgIpc) is 2.81. The van der Waals surface area contributed by atoms with Crippen molar-refractivity contribution < 1.29 is 28.6 Å². The molecule has 0 unspecified atom stereocenters. The zero-order valence-electron chi connectivity index (χ0n) is 11.5. The third-order valence-electron chi connectivity index (χ3n) is 4.64. The second-order valence-electron chi connectivity index (χ2n) is 5.44. The molecule has 4 atom stereocenters. The number of hydrogen-bond donors (Lipinski definition) is 0. The number of allylic oxidation sites excluding steroid dienone is 1. The predicted molar refractivity (Wildman–Crippen MR) is 65.5 cm³/mol. The van der Waals surface area contributed by atoms with E-state index in [0.29, 0.717) is 5.57 Å². The van der Waals surface area contributed by atoms with Gasteiger partial charge in [0.05, 0.1) is 12.3 Å². The van der Waals surface area contributed by atoms with Gasteiger partial charge in [-0.15, -0.1) is 0 Å². The van der Waals surface area contributed by atoms with E-state index >= 15 is 0 Å². The molecule has 1 saturated heterocycles. The Labute approximate surface area is 116 Å². The lowest BCUT2D eigenvalue weighted by Crippen LogP contribution is -2.65. The number of Topliss-reactive ketones (excluding diaryl/α,β-unsaturated/α-hetero) is 2. The Kier molecular flexibility index (Phi) is 2.85. The molecule has 1 aliphatic heterocycles. The van der Waals surface area contributed by atoms with E-state index in [1.165, 1.54) is 21.1 Å². The molecule has 0 aromatic carbocycles. The lowest BCUT2D eigenvalue weighted by Gasteiger charge is -2.51. The topological polar surface area (TPSA) is 78.9 Å². The highest BCUT2D eigenvalue weighted by atomic mass is 16.7. The van der Waals surface area contributed by atoms with E-state index in [9.17, 15) is 14.4 Å². The van der Waals surface area contributed by atoms with Crippen molar-refractivity contribution in [1.82, 2.24) is 0 Å². The summed E-state index contributed by atoms with van der Waals surface area (Å²) in [5.41, 5.74) is 0.453. The van der Waals surface area contributed by atoms with Crippen molar-refractivity contribution in [2.45, 2.75) is 25.2 Å². The molecule has 4 aliphatic rings. The van der Waals surface area contributed by atoms with Crippen molar-refractivity contribution in [3.8, 4) is 0 Å². The Morgan fingerprint density at radius 3 is 2.55 bits per heavy atom. The summed E-state index contributed by atoms with van der Waals surface area (Å²) in [5.74, 6) is -3.76. The summed E-state index contributed by atoms with van der Waals surface area (Å²) < 4.78 is 16.0. The lowest BCUT2D eigenvalue weighted by molar-refractivity contribution is -0.255. The molecule has 20 heavy (non-hydrogen) atoms. The van der Waals surface area contributed by atoms with Crippen LogP contribution in [0.25, 0.3) is 0 Å². The van der Waals surface area contributed by atoms with Crippen LogP contribution in [0.2, 0.25) is 0 Å². The van der Waals surface area contributed by atoms with Gasteiger partial charge in [-0.25, -0.2) is 0 Å². The molecular formula is C14H16O6. The number of ketones is 2. The zero-order chi connectivity index (χ0) is 14.7. The smallest absolute Gasteiger partial charge is 0.306 e. The molecular weight excluding hydrogens is 264 g/mol. The Morgan fingerprint density at radius 1 is 1.35 bits per heavy atom. The van der Waals surface area contributed by atoms with Crippen LogP contribution in [0.4, 0.5) is 0 Å². The van der Waals surface area contributed by atoms with Crippen LogP contribution < -0.4 is 0 Å². The second-order valence-corrected chi connectivity index (χ2v) is 5.44. The van der Waals surface area contributed by atoms with Crippen LogP contribution in [0.1, 0.15) is 13.3 Å².